The molecule has 44 heavy (non-hydrogen) atoms. The Bertz CT molecular complexity index is 1260. The predicted molar refractivity (Wildman–Crippen MR) is 152 cm³/mol. The molecule has 0 radical (unpaired) electrons. The number of hydrogen-bond donors (Lipinski definition) is 9. The number of amides is 6. The summed E-state index contributed by atoms with van der Waals surface area (Å²) in [4.78, 5) is 91.9. The van der Waals surface area contributed by atoms with Gasteiger partial charge in [-0.1, -0.05) is 25.5 Å². The monoisotopic (exact) mass is 622 g/mol. The predicted octanol–water partition coefficient (Wildman–Crippen LogP) is -4.51. The molecule has 20 heteroatoms. The van der Waals surface area contributed by atoms with Crippen molar-refractivity contribution in [1.82, 2.24) is 41.6 Å². The van der Waals surface area contributed by atoms with Crippen molar-refractivity contribution in [3.63, 3.8) is 0 Å². The van der Waals surface area contributed by atoms with E-state index in [0.717, 1.165) is 4.68 Å². The number of aliphatic imine (C=N–C) groups is 1. The largest absolute Gasteiger partial charge is 0.481 e. The number of carboxylic acids is 1. The van der Waals surface area contributed by atoms with E-state index in [2.05, 4.69) is 47.2 Å². The van der Waals surface area contributed by atoms with Crippen LogP contribution in [0.25, 0.3) is 0 Å². The van der Waals surface area contributed by atoms with Crippen molar-refractivity contribution in [2.45, 2.75) is 64.2 Å². The zero-order valence-corrected chi connectivity index (χ0v) is 24.3. The minimum Gasteiger partial charge on any atom is -0.481 e. The molecule has 1 aliphatic rings. The maximum Gasteiger partial charge on any atom is 0.305 e. The Morgan fingerprint density at radius 3 is 2.34 bits per heavy atom. The number of aliphatic carboxylic acids is 1. The zero-order chi connectivity index (χ0) is 32.8. The maximum absolute atomic E-state index is 13.3. The first-order valence-corrected chi connectivity index (χ1v) is 13.7. The molecule has 4 atom stereocenters. The first-order valence-electron chi connectivity index (χ1n) is 13.7. The molecule has 6 amide bonds. The smallest absolute Gasteiger partial charge is 0.305 e. The van der Waals surface area contributed by atoms with E-state index in [-0.39, 0.29) is 37.1 Å². The second kappa shape index (κ2) is 17.0. The van der Waals surface area contributed by atoms with Crippen LogP contribution >= 0.6 is 0 Å². The summed E-state index contributed by atoms with van der Waals surface area (Å²) in [6.07, 6.45) is 1.14. The summed E-state index contributed by atoms with van der Waals surface area (Å²) in [5, 5.41) is 31.0. The van der Waals surface area contributed by atoms with Crippen LogP contribution in [0.2, 0.25) is 0 Å². The second-order valence-corrected chi connectivity index (χ2v) is 9.94. The molecule has 0 aromatic carbocycles. The average Bonchev–Trinajstić information content (AvgIpc) is 3.39. The lowest BCUT2D eigenvalue weighted by Crippen LogP contribution is -2.57. The number of anilines is 1. The number of fused-ring (bicyclic) bond motifs is 2. The Balaban J connectivity index is 2.34. The van der Waals surface area contributed by atoms with Crippen LogP contribution < -0.4 is 43.4 Å². The lowest BCUT2D eigenvalue weighted by molar-refractivity contribution is -0.140. The van der Waals surface area contributed by atoms with Crippen LogP contribution in [-0.2, 0) is 40.1 Å². The van der Waals surface area contributed by atoms with Crippen LogP contribution in [0.3, 0.4) is 0 Å². The van der Waals surface area contributed by atoms with E-state index in [9.17, 15) is 38.7 Å². The minimum atomic E-state index is -1.57. The summed E-state index contributed by atoms with van der Waals surface area (Å²) in [6, 6.07) is -3.84. The Labute approximate surface area is 251 Å². The first-order chi connectivity index (χ1) is 20.8. The molecule has 2 bridgehead atoms. The quantitative estimate of drug-likeness (QED) is 0.0752. The second-order valence-electron chi connectivity index (χ2n) is 9.94. The van der Waals surface area contributed by atoms with Gasteiger partial charge in [0.05, 0.1) is 25.7 Å². The fourth-order valence-corrected chi connectivity index (χ4v) is 3.91. The summed E-state index contributed by atoms with van der Waals surface area (Å²) >= 11 is 0. The van der Waals surface area contributed by atoms with E-state index < -0.39 is 85.6 Å². The molecule has 0 unspecified atom stereocenters. The van der Waals surface area contributed by atoms with Gasteiger partial charge in [0.2, 0.25) is 35.4 Å². The zero-order valence-electron chi connectivity index (χ0n) is 24.3. The van der Waals surface area contributed by atoms with Gasteiger partial charge in [-0.2, -0.15) is 0 Å². The molecular weight excluding hydrogens is 584 g/mol. The lowest BCUT2D eigenvalue weighted by Gasteiger charge is -2.26. The third kappa shape index (κ3) is 11.9. The van der Waals surface area contributed by atoms with E-state index >= 15 is 0 Å². The van der Waals surface area contributed by atoms with Crippen molar-refractivity contribution < 1.29 is 38.7 Å². The third-order valence-corrected chi connectivity index (χ3v) is 6.39. The summed E-state index contributed by atoms with van der Waals surface area (Å²) in [6.45, 7) is 2.10. The molecule has 0 fully saturated rings. The first kappa shape index (κ1) is 34.9. The van der Waals surface area contributed by atoms with Gasteiger partial charge in [0.15, 0.2) is 11.8 Å². The Hall–Kier alpha value is -5.30. The van der Waals surface area contributed by atoms with Crippen molar-refractivity contribution in [3.05, 3.63) is 6.20 Å². The fraction of sp³-hybridized carbons (Fsp3) is 0.583. The van der Waals surface area contributed by atoms with Crippen LogP contribution in [0.5, 0.6) is 0 Å². The van der Waals surface area contributed by atoms with Crippen LogP contribution in [0.4, 0.5) is 5.82 Å². The molecule has 0 saturated carbocycles. The summed E-state index contributed by atoms with van der Waals surface area (Å²) in [5.74, 6) is -6.73. The van der Waals surface area contributed by atoms with Crippen molar-refractivity contribution in [1.29, 1.82) is 0 Å². The van der Waals surface area contributed by atoms with E-state index in [4.69, 9.17) is 11.5 Å². The number of carbonyl (C=O) groups is 7. The summed E-state index contributed by atoms with van der Waals surface area (Å²) in [5.41, 5.74) is 10.7. The molecule has 0 saturated heterocycles. The van der Waals surface area contributed by atoms with Gasteiger partial charge in [-0.15, -0.1) is 5.10 Å². The summed E-state index contributed by atoms with van der Waals surface area (Å²) in [7, 11) is 0. The minimum absolute atomic E-state index is 0.0391. The van der Waals surface area contributed by atoms with Crippen LogP contribution in [0.1, 0.15) is 39.5 Å². The van der Waals surface area contributed by atoms with Gasteiger partial charge in [-0.3, -0.25) is 38.6 Å². The number of guanidine groups is 1. The highest BCUT2D eigenvalue weighted by Crippen LogP contribution is 2.10. The third-order valence-electron chi connectivity index (χ3n) is 6.39. The standard InChI is InChI=1S/C24H38N12O8/c1-3-12(2)20-23(44)31-13(5-4-6-27-24(25)26)21(42)29-9-16(37)30-14(7-19(40)41)22(43)32-15-10-36(35-34-15)11-18(39)28-8-17(38)33-20/h10,12-14,20H,3-9,11H2,1-2H3,(H,28,39)(H,29,42)(H,30,37)(H,31,44)(H,32,43)(H,33,38)(H,40,41)(H4,25,26,27)/t12-,13-,14-,20-/m0/s1. The van der Waals surface area contributed by atoms with Gasteiger partial charge >= 0.3 is 5.97 Å². The molecule has 1 aromatic rings. The van der Waals surface area contributed by atoms with Gasteiger partial charge in [0.25, 0.3) is 0 Å². The molecule has 242 valence electrons. The number of nitrogens with zero attached hydrogens (tertiary/aromatic N) is 4. The van der Waals surface area contributed by atoms with Crippen molar-refractivity contribution in [3.8, 4) is 0 Å². The van der Waals surface area contributed by atoms with E-state index in [1.807, 2.05) is 0 Å². The number of aromatic nitrogens is 3. The summed E-state index contributed by atoms with van der Waals surface area (Å²) < 4.78 is 1.05. The topological polar surface area (TPSA) is 307 Å². The molecule has 2 heterocycles. The highest BCUT2D eigenvalue weighted by Gasteiger charge is 2.31. The molecule has 20 nitrogen and oxygen atoms in total. The molecule has 1 aliphatic heterocycles. The number of hydrogen-bond acceptors (Lipinski definition) is 10. The number of rotatable bonds is 8. The normalized spacial score (nSPS) is 21.6. The molecular formula is C24H38N12O8. The molecule has 11 N–H and O–H groups in total. The SMILES string of the molecule is CC[C@H](C)[C@@H]1NC(=O)CNC(=O)Cn2cc(nn2)NC(=O)[C@H](CC(=O)O)NC(=O)CNC(=O)[C@H](CCCN=C(N)N)NC1=O. The fourth-order valence-electron chi connectivity index (χ4n) is 3.91. The van der Waals surface area contributed by atoms with Crippen LogP contribution in [0, 0.1) is 5.92 Å². The number of carboxylic acid groups (broad SMARTS) is 1. The van der Waals surface area contributed by atoms with E-state index in [0.29, 0.717) is 6.42 Å². The van der Waals surface area contributed by atoms with Crippen molar-refractivity contribution in [2.24, 2.45) is 22.4 Å². The van der Waals surface area contributed by atoms with Gasteiger partial charge in [-0.25, -0.2) is 4.68 Å². The lowest BCUT2D eigenvalue weighted by atomic mass is 9.97. The number of nitrogens with one attached hydrogen (secondary N) is 6. The van der Waals surface area contributed by atoms with E-state index in [1.54, 1.807) is 13.8 Å². The average molecular weight is 623 g/mol. The molecule has 2 rings (SSSR count). The highest BCUT2D eigenvalue weighted by molar-refractivity contribution is 5.99. The Morgan fingerprint density at radius 2 is 1.68 bits per heavy atom. The van der Waals surface area contributed by atoms with Crippen molar-refractivity contribution >= 4 is 53.2 Å². The molecule has 0 aliphatic carbocycles. The Morgan fingerprint density at radius 1 is 1.00 bits per heavy atom. The van der Waals surface area contributed by atoms with Gasteiger partial charge in [-0.05, 0) is 18.8 Å². The molecule has 0 spiro atoms. The van der Waals surface area contributed by atoms with Crippen molar-refractivity contribution in [2.75, 3.05) is 25.0 Å². The highest BCUT2D eigenvalue weighted by atomic mass is 16.4. The molecule has 1 aromatic heterocycles. The van der Waals surface area contributed by atoms with E-state index in [1.165, 1.54) is 6.20 Å². The maximum atomic E-state index is 13.3. The van der Waals surface area contributed by atoms with Crippen LogP contribution in [0.15, 0.2) is 11.2 Å². The number of nitrogens with two attached hydrogens (primary N) is 2. The van der Waals surface area contributed by atoms with Gasteiger partial charge in [0.1, 0.15) is 24.7 Å². The Kier molecular flexibility index (Phi) is 13.5. The van der Waals surface area contributed by atoms with Gasteiger partial charge in [0, 0.05) is 6.54 Å². The number of carbonyl (C=O) groups excluding carboxylic acids is 6. The van der Waals surface area contributed by atoms with Crippen LogP contribution in [-0.4, -0.2) is 105 Å². The van der Waals surface area contributed by atoms with Gasteiger partial charge < -0.3 is 48.5 Å².